The number of anilines is 1. The Labute approximate surface area is 164 Å². The molecule has 28 heavy (non-hydrogen) atoms. The van der Waals surface area contributed by atoms with Gasteiger partial charge in [-0.3, -0.25) is 10.1 Å². The number of hydrogen-bond donors (Lipinski definition) is 1. The average molecular weight is 390 g/mol. The Morgan fingerprint density at radius 1 is 1.11 bits per heavy atom. The van der Waals surface area contributed by atoms with Crippen LogP contribution in [0.1, 0.15) is 10.4 Å². The van der Waals surface area contributed by atoms with E-state index in [0.717, 1.165) is 22.7 Å². The van der Waals surface area contributed by atoms with Crippen molar-refractivity contribution in [2.45, 2.75) is 0 Å². The number of hydrogen-bond acceptors (Lipinski definition) is 6. The van der Waals surface area contributed by atoms with Crippen molar-refractivity contribution in [1.82, 2.24) is 14.8 Å². The normalized spacial score (nSPS) is 12.1. The minimum atomic E-state index is -0.210. The zero-order valence-electron chi connectivity index (χ0n) is 14.5. The van der Waals surface area contributed by atoms with Crippen molar-refractivity contribution in [2.75, 3.05) is 12.1 Å². The number of rotatable bonds is 4. The lowest BCUT2D eigenvalue weighted by atomic mass is 10.1. The van der Waals surface area contributed by atoms with E-state index in [1.807, 2.05) is 48.0 Å². The van der Waals surface area contributed by atoms with Crippen LogP contribution in [-0.2, 0) is 0 Å². The van der Waals surface area contributed by atoms with Gasteiger partial charge in [-0.05, 0) is 48.5 Å². The van der Waals surface area contributed by atoms with Gasteiger partial charge in [-0.1, -0.05) is 0 Å². The minimum Gasteiger partial charge on any atom is -0.454 e. The van der Waals surface area contributed by atoms with Crippen molar-refractivity contribution in [3.05, 3.63) is 71.9 Å². The number of carbonyl (C=O) groups excluding carboxylic acids is 1. The molecule has 5 rings (SSSR count). The predicted octanol–water partition coefficient (Wildman–Crippen LogP) is 3.98. The first-order chi connectivity index (χ1) is 13.8. The van der Waals surface area contributed by atoms with E-state index in [0.29, 0.717) is 16.4 Å². The Kier molecular flexibility index (Phi) is 4.02. The topological polar surface area (TPSA) is 78.3 Å². The lowest BCUT2D eigenvalue weighted by Gasteiger charge is -2.04. The highest BCUT2D eigenvalue weighted by Crippen LogP contribution is 2.36. The quantitative estimate of drug-likeness (QED) is 0.570. The third-order valence-corrected chi connectivity index (χ3v) is 5.05. The number of fused-ring (bicyclic) bond motifs is 1. The third-order valence-electron chi connectivity index (χ3n) is 4.29. The highest BCUT2D eigenvalue weighted by atomic mass is 32.1. The first-order valence-electron chi connectivity index (χ1n) is 8.53. The van der Waals surface area contributed by atoms with Crippen molar-refractivity contribution in [1.29, 1.82) is 0 Å². The molecule has 1 aliphatic rings. The Balaban J connectivity index is 1.31. The number of nitrogens with one attached hydrogen (secondary N) is 1. The number of amides is 1. The van der Waals surface area contributed by atoms with Crippen LogP contribution in [0.3, 0.4) is 0 Å². The lowest BCUT2D eigenvalue weighted by molar-refractivity contribution is 0.102. The van der Waals surface area contributed by atoms with Crippen LogP contribution in [-0.4, -0.2) is 27.5 Å². The number of carbonyl (C=O) groups is 1. The van der Waals surface area contributed by atoms with Gasteiger partial charge in [0.2, 0.25) is 6.79 Å². The van der Waals surface area contributed by atoms with Crippen molar-refractivity contribution in [2.24, 2.45) is 0 Å². The van der Waals surface area contributed by atoms with Crippen LogP contribution >= 0.6 is 11.3 Å². The smallest absolute Gasteiger partial charge is 0.257 e. The Hall–Kier alpha value is -3.65. The Bertz CT molecular complexity index is 1140. The number of ether oxygens (including phenoxy) is 2. The fourth-order valence-electron chi connectivity index (χ4n) is 2.88. The zero-order chi connectivity index (χ0) is 18.9. The molecular weight excluding hydrogens is 376 g/mol. The van der Waals surface area contributed by atoms with Crippen molar-refractivity contribution in [3.63, 3.8) is 0 Å². The molecule has 0 saturated heterocycles. The number of aromatic nitrogens is 3. The van der Waals surface area contributed by atoms with Crippen LogP contribution < -0.4 is 14.8 Å². The summed E-state index contributed by atoms with van der Waals surface area (Å²) >= 11 is 1.37. The zero-order valence-corrected chi connectivity index (χ0v) is 15.3. The van der Waals surface area contributed by atoms with Crippen LogP contribution in [0.25, 0.3) is 16.9 Å². The fraction of sp³-hybridized carbons (Fsp3) is 0.0500. The summed E-state index contributed by atoms with van der Waals surface area (Å²) in [5.74, 6) is 1.22. The van der Waals surface area contributed by atoms with Crippen LogP contribution in [0.2, 0.25) is 0 Å². The summed E-state index contributed by atoms with van der Waals surface area (Å²) in [6.07, 6.45) is 3.56. The largest absolute Gasteiger partial charge is 0.454 e. The molecule has 0 unspecified atom stereocenters. The van der Waals surface area contributed by atoms with E-state index < -0.39 is 0 Å². The molecule has 0 fully saturated rings. The average Bonchev–Trinajstić information content (AvgIpc) is 3.48. The number of nitrogens with zero attached hydrogens (tertiary/aromatic N) is 3. The molecule has 138 valence electrons. The fourth-order valence-corrected chi connectivity index (χ4v) is 3.59. The molecule has 1 amide bonds. The van der Waals surface area contributed by atoms with Gasteiger partial charge in [-0.2, -0.15) is 5.10 Å². The van der Waals surface area contributed by atoms with E-state index in [2.05, 4.69) is 15.4 Å². The molecule has 0 aliphatic carbocycles. The maximum Gasteiger partial charge on any atom is 0.257 e. The molecular formula is C20H14N4O3S. The summed E-state index contributed by atoms with van der Waals surface area (Å²) in [7, 11) is 0. The minimum absolute atomic E-state index is 0.210. The van der Waals surface area contributed by atoms with Gasteiger partial charge >= 0.3 is 0 Å². The summed E-state index contributed by atoms with van der Waals surface area (Å²) < 4.78 is 12.5. The molecule has 1 aliphatic heterocycles. The van der Waals surface area contributed by atoms with Gasteiger partial charge in [-0.15, -0.1) is 11.3 Å². The third kappa shape index (κ3) is 3.10. The van der Waals surface area contributed by atoms with E-state index in [-0.39, 0.29) is 12.7 Å². The second-order valence-corrected chi connectivity index (χ2v) is 6.92. The molecule has 0 bridgehead atoms. The Morgan fingerprint density at radius 3 is 2.79 bits per heavy atom. The summed E-state index contributed by atoms with van der Waals surface area (Å²) in [6.45, 7) is 0.232. The molecule has 0 spiro atoms. The lowest BCUT2D eigenvalue weighted by Crippen LogP contribution is -2.11. The van der Waals surface area contributed by atoms with Crippen molar-refractivity contribution in [3.8, 4) is 28.4 Å². The SMILES string of the molecule is O=C(Nc1nc(-c2ccc3c(c2)OCO3)cs1)c1ccc(-n2cccn2)cc1. The van der Waals surface area contributed by atoms with E-state index in [1.54, 1.807) is 23.0 Å². The molecule has 2 aromatic carbocycles. The molecule has 0 atom stereocenters. The van der Waals surface area contributed by atoms with Gasteiger partial charge in [-0.25, -0.2) is 9.67 Å². The van der Waals surface area contributed by atoms with E-state index >= 15 is 0 Å². The molecule has 2 aromatic heterocycles. The molecule has 7 nitrogen and oxygen atoms in total. The second kappa shape index (κ2) is 6.82. The summed E-state index contributed by atoms with van der Waals surface area (Å²) in [5, 5.41) is 9.45. The van der Waals surface area contributed by atoms with Gasteiger partial charge in [0.05, 0.1) is 11.4 Å². The molecule has 3 heterocycles. The van der Waals surface area contributed by atoms with Crippen LogP contribution in [0.15, 0.2) is 66.3 Å². The second-order valence-electron chi connectivity index (χ2n) is 6.06. The van der Waals surface area contributed by atoms with Crippen molar-refractivity contribution < 1.29 is 14.3 Å². The van der Waals surface area contributed by atoms with Gasteiger partial charge in [0.1, 0.15) is 0 Å². The molecule has 0 radical (unpaired) electrons. The van der Waals surface area contributed by atoms with E-state index in [9.17, 15) is 4.79 Å². The van der Waals surface area contributed by atoms with Crippen LogP contribution in [0, 0.1) is 0 Å². The van der Waals surface area contributed by atoms with Crippen LogP contribution in [0.5, 0.6) is 11.5 Å². The van der Waals surface area contributed by atoms with Gasteiger partial charge in [0.15, 0.2) is 16.6 Å². The summed E-state index contributed by atoms with van der Waals surface area (Å²) in [6, 6.07) is 14.7. The first-order valence-corrected chi connectivity index (χ1v) is 9.41. The monoisotopic (exact) mass is 390 g/mol. The standard InChI is InChI=1S/C20H14N4O3S/c25-19(13-2-5-15(6-3-13)24-9-1-8-21-24)23-20-22-16(11-28-20)14-4-7-17-18(10-14)27-12-26-17/h1-11H,12H2,(H,22,23,25). The van der Waals surface area contributed by atoms with Gasteiger partial charge in [0.25, 0.3) is 5.91 Å². The summed E-state index contributed by atoms with van der Waals surface area (Å²) in [5.41, 5.74) is 3.12. The summed E-state index contributed by atoms with van der Waals surface area (Å²) in [4.78, 5) is 17.0. The molecule has 0 saturated carbocycles. The van der Waals surface area contributed by atoms with Gasteiger partial charge in [0, 0.05) is 28.9 Å². The molecule has 4 aromatic rings. The molecule has 1 N–H and O–H groups in total. The van der Waals surface area contributed by atoms with Crippen molar-refractivity contribution >= 4 is 22.4 Å². The number of thiazole rings is 1. The maximum atomic E-state index is 12.5. The first kappa shape index (κ1) is 16.5. The van der Waals surface area contributed by atoms with E-state index in [1.165, 1.54) is 11.3 Å². The molecule has 8 heteroatoms. The Morgan fingerprint density at radius 2 is 1.96 bits per heavy atom. The highest BCUT2D eigenvalue weighted by Gasteiger charge is 2.16. The number of benzene rings is 2. The van der Waals surface area contributed by atoms with Gasteiger partial charge < -0.3 is 9.47 Å². The van der Waals surface area contributed by atoms with Crippen LogP contribution in [0.4, 0.5) is 5.13 Å². The van der Waals surface area contributed by atoms with E-state index in [4.69, 9.17) is 9.47 Å². The highest BCUT2D eigenvalue weighted by molar-refractivity contribution is 7.14. The predicted molar refractivity (Wildman–Crippen MR) is 105 cm³/mol. The maximum absolute atomic E-state index is 12.5.